The summed E-state index contributed by atoms with van der Waals surface area (Å²) in [5.74, 6) is 1.17. The van der Waals surface area contributed by atoms with E-state index in [1.54, 1.807) is 30.3 Å². The number of ether oxygens (including phenoxy) is 2. The first kappa shape index (κ1) is 18.3. The van der Waals surface area contributed by atoms with Crippen LogP contribution < -0.4 is 14.3 Å². The standard InChI is InChI=1S/C16H17BrN2O4S/c1-3-23-15-9-4-12(10-16(15)22-2)11-18-19-24(20,21)14-7-5-13(17)6-8-14/h4-11,19H,3H2,1-2H3/b18-11-. The number of benzene rings is 2. The third kappa shape index (κ3) is 4.72. The van der Waals surface area contributed by atoms with Crippen LogP contribution >= 0.6 is 15.9 Å². The van der Waals surface area contributed by atoms with Crippen LogP contribution in [0, 0.1) is 0 Å². The first-order valence-corrected chi connectivity index (χ1v) is 9.35. The molecule has 0 saturated carbocycles. The van der Waals surface area contributed by atoms with Crippen molar-refractivity contribution in [3.8, 4) is 11.5 Å². The van der Waals surface area contributed by atoms with Crippen LogP contribution in [0.5, 0.6) is 11.5 Å². The smallest absolute Gasteiger partial charge is 0.276 e. The highest BCUT2D eigenvalue weighted by Crippen LogP contribution is 2.27. The summed E-state index contributed by atoms with van der Waals surface area (Å²) in [5.41, 5.74) is 0.675. The second-order valence-corrected chi connectivity index (χ2v) is 7.23. The first-order valence-electron chi connectivity index (χ1n) is 7.07. The maximum Gasteiger partial charge on any atom is 0.276 e. The lowest BCUT2D eigenvalue weighted by Gasteiger charge is -2.09. The molecule has 0 fully saturated rings. The highest BCUT2D eigenvalue weighted by Gasteiger charge is 2.12. The fourth-order valence-corrected chi connectivity index (χ4v) is 2.93. The van der Waals surface area contributed by atoms with Crippen molar-refractivity contribution in [3.05, 3.63) is 52.5 Å². The summed E-state index contributed by atoms with van der Waals surface area (Å²) in [7, 11) is -2.17. The quantitative estimate of drug-likeness (QED) is 0.559. The predicted molar refractivity (Wildman–Crippen MR) is 96.2 cm³/mol. The van der Waals surface area contributed by atoms with Crippen molar-refractivity contribution in [1.82, 2.24) is 4.83 Å². The van der Waals surface area contributed by atoms with E-state index in [1.165, 1.54) is 25.5 Å². The van der Waals surface area contributed by atoms with Gasteiger partial charge in [0.2, 0.25) is 0 Å². The molecule has 0 bridgehead atoms. The molecule has 2 aromatic carbocycles. The average molecular weight is 413 g/mol. The van der Waals surface area contributed by atoms with Crippen LogP contribution in [0.2, 0.25) is 0 Å². The summed E-state index contributed by atoms with van der Waals surface area (Å²) in [6.07, 6.45) is 1.40. The molecule has 2 aromatic rings. The maximum absolute atomic E-state index is 12.1. The number of nitrogens with zero attached hydrogens (tertiary/aromatic N) is 1. The molecule has 0 atom stereocenters. The van der Waals surface area contributed by atoms with Crippen LogP contribution in [-0.4, -0.2) is 28.3 Å². The van der Waals surface area contributed by atoms with Crippen LogP contribution in [0.1, 0.15) is 12.5 Å². The van der Waals surface area contributed by atoms with Crippen molar-refractivity contribution in [2.75, 3.05) is 13.7 Å². The lowest BCUT2D eigenvalue weighted by Crippen LogP contribution is -2.18. The van der Waals surface area contributed by atoms with Crippen LogP contribution in [0.15, 0.2) is 56.9 Å². The minimum Gasteiger partial charge on any atom is -0.493 e. The summed E-state index contributed by atoms with van der Waals surface area (Å²) >= 11 is 3.26. The Kier molecular flexibility index (Phi) is 6.22. The fraction of sp³-hybridized carbons (Fsp3) is 0.188. The van der Waals surface area contributed by atoms with Gasteiger partial charge < -0.3 is 9.47 Å². The number of sulfonamides is 1. The summed E-state index contributed by atoms with van der Waals surface area (Å²) in [5, 5.41) is 3.79. The van der Waals surface area contributed by atoms with Gasteiger partial charge in [0.25, 0.3) is 10.0 Å². The molecule has 6 nitrogen and oxygen atoms in total. The fourth-order valence-electron chi connectivity index (χ4n) is 1.88. The summed E-state index contributed by atoms with van der Waals surface area (Å²) in [6, 6.07) is 11.5. The lowest BCUT2D eigenvalue weighted by molar-refractivity contribution is 0.311. The van der Waals surface area contributed by atoms with Crippen molar-refractivity contribution in [2.24, 2.45) is 5.10 Å². The maximum atomic E-state index is 12.1. The molecular weight excluding hydrogens is 396 g/mol. The van der Waals surface area contributed by atoms with E-state index in [9.17, 15) is 8.42 Å². The van der Waals surface area contributed by atoms with Crippen LogP contribution in [0.4, 0.5) is 0 Å². The van der Waals surface area contributed by atoms with Gasteiger partial charge in [-0.15, -0.1) is 0 Å². The Hall–Kier alpha value is -2.06. The van der Waals surface area contributed by atoms with E-state index in [0.29, 0.717) is 23.7 Å². The molecule has 0 heterocycles. The van der Waals surface area contributed by atoms with Gasteiger partial charge in [0.05, 0.1) is 24.8 Å². The van der Waals surface area contributed by atoms with E-state index in [-0.39, 0.29) is 4.90 Å². The zero-order valence-electron chi connectivity index (χ0n) is 13.2. The number of methoxy groups -OCH3 is 1. The van der Waals surface area contributed by atoms with E-state index >= 15 is 0 Å². The molecular formula is C16H17BrN2O4S. The van der Waals surface area contributed by atoms with E-state index in [1.807, 2.05) is 6.92 Å². The topological polar surface area (TPSA) is 77.0 Å². The van der Waals surface area contributed by atoms with E-state index in [0.717, 1.165) is 4.47 Å². The predicted octanol–water partition coefficient (Wildman–Crippen LogP) is 3.17. The highest BCUT2D eigenvalue weighted by molar-refractivity contribution is 9.10. The normalized spacial score (nSPS) is 11.5. The average Bonchev–Trinajstić information content (AvgIpc) is 2.56. The molecule has 0 aromatic heterocycles. The molecule has 128 valence electrons. The van der Waals surface area contributed by atoms with Gasteiger partial charge in [0.15, 0.2) is 11.5 Å². The molecule has 24 heavy (non-hydrogen) atoms. The number of nitrogens with one attached hydrogen (secondary N) is 1. The van der Waals surface area contributed by atoms with Gasteiger partial charge in [-0.2, -0.15) is 13.5 Å². The second kappa shape index (κ2) is 8.16. The molecule has 2 rings (SSSR count). The van der Waals surface area contributed by atoms with Crippen molar-refractivity contribution in [1.29, 1.82) is 0 Å². The van der Waals surface area contributed by atoms with Crippen molar-refractivity contribution >= 4 is 32.2 Å². The molecule has 0 radical (unpaired) electrons. The minimum atomic E-state index is -3.70. The Morgan fingerprint density at radius 1 is 1.17 bits per heavy atom. The van der Waals surface area contributed by atoms with Crippen molar-refractivity contribution in [3.63, 3.8) is 0 Å². The van der Waals surface area contributed by atoms with E-state index in [2.05, 4.69) is 25.9 Å². The van der Waals surface area contributed by atoms with E-state index < -0.39 is 10.0 Å². The Morgan fingerprint density at radius 3 is 2.50 bits per heavy atom. The Morgan fingerprint density at radius 2 is 1.88 bits per heavy atom. The van der Waals surface area contributed by atoms with Gasteiger partial charge in [-0.1, -0.05) is 15.9 Å². The molecule has 8 heteroatoms. The molecule has 0 aliphatic heterocycles. The monoisotopic (exact) mass is 412 g/mol. The Bertz CT molecular complexity index is 820. The summed E-state index contributed by atoms with van der Waals surface area (Å²) in [6.45, 7) is 2.41. The highest BCUT2D eigenvalue weighted by atomic mass is 79.9. The van der Waals surface area contributed by atoms with Gasteiger partial charge in [-0.3, -0.25) is 0 Å². The SMILES string of the molecule is CCOc1ccc(/C=N\NS(=O)(=O)c2ccc(Br)cc2)cc1OC. The molecule has 0 unspecified atom stereocenters. The molecule has 0 saturated heterocycles. The van der Waals surface area contributed by atoms with Gasteiger partial charge in [0.1, 0.15) is 0 Å². The molecule has 0 aliphatic carbocycles. The van der Waals surface area contributed by atoms with Gasteiger partial charge in [0, 0.05) is 4.47 Å². The van der Waals surface area contributed by atoms with Crippen LogP contribution in [-0.2, 0) is 10.0 Å². The molecule has 0 spiro atoms. The number of hydrogen-bond acceptors (Lipinski definition) is 5. The van der Waals surface area contributed by atoms with Crippen molar-refractivity contribution < 1.29 is 17.9 Å². The summed E-state index contributed by atoms with van der Waals surface area (Å²) < 4.78 is 35.7. The van der Waals surface area contributed by atoms with Crippen molar-refractivity contribution in [2.45, 2.75) is 11.8 Å². The second-order valence-electron chi connectivity index (χ2n) is 4.65. The number of rotatable bonds is 7. The Balaban J connectivity index is 2.12. The number of hydrazone groups is 1. The number of hydrogen-bond donors (Lipinski definition) is 1. The van der Waals surface area contributed by atoms with Crippen LogP contribution in [0.25, 0.3) is 0 Å². The molecule has 1 N–H and O–H groups in total. The minimum absolute atomic E-state index is 0.132. The molecule has 0 aliphatic rings. The molecule has 0 amide bonds. The van der Waals surface area contributed by atoms with Gasteiger partial charge >= 0.3 is 0 Å². The summed E-state index contributed by atoms with van der Waals surface area (Å²) in [4.78, 5) is 2.31. The zero-order valence-corrected chi connectivity index (χ0v) is 15.6. The Labute approximate surface area is 149 Å². The largest absolute Gasteiger partial charge is 0.493 e. The van der Waals surface area contributed by atoms with Gasteiger partial charge in [-0.05, 0) is 55.0 Å². The zero-order chi connectivity index (χ0) is 17.6. The first-order chi connectivity index (χ1) is 11.5. The van der Waals surface area contributed by atoms with E-state index in [4.69, 9.17) is 9.47 Å². The third-order valence-corrected chi connectivity index (χ3v) is 4.77. The number of halogens is 1. The van der Waals surface area contributed by atoms with Crippen LogP contribution in [0.3, 0.4) is 0 Å². The third-order valence-electron chi connectivity index (χ3n) is 3.00. The lowest BCUT2D eigenvalue weighted by atomic mass is 10.2. The van der Waals surface area contributed by atoms with Gasteiger partial charge in [-0.25, -0.2) is 4.83 Å².